The topological polar surface area (TPSA) is 55.0 Å². The Morgan fingerprint density at radius 1 is 1.62 bits per heavy atom. The molecule has 0 aliphatic rings. The van der Waals surface area contributed by atoms with E-state index in [2.05, 4.69) is 9.97 Å². The van der Waals surface area contributed by atoms with E-state index in [1.807, 2.05) is 6.92 Å². The molecule has 5 heteroatoms. The highest BCUT2D eigenvalue weighted by Crippen LogP contribution is 1.97. The van der Waals surface area contributed by atoms with Gasteiger partial charge in [0.05, 0.1) is 5.69 Å². The molecule has 0 aliphatic carbocycles. The first-order valence-corrected chi connectivity index (χ1v) is 3.98. The molecule has 0 aliphatic heterocycles. The summed E-state index contributed by atoms with van der Waals surface area (Å²) in [6.45, 7) is 4.00. The molecule has 0 aromatic carbocycles. The first-order chi connectivity index (χ1) is 6.15. The smallest absolute Gasteiger partial charge is 0.287 e. The SMILES string of the molecule is CCOCc1nc(C)c(F)c(=O)[nH]1. The van der Waals surface area contributed by atoms with Gasteiger partial charge in [-0.2, -0.15) is 4.39 Å². The molecule has 0 fully saturated rings. The van der Waals surface area contributed by atoms with Crippen molar-refractivity contribution in [1.29, 1.82) is 0 Å². The van der Waals surface area contributed by atoms with Gasteiger partial charge in [0, 0.05) is 6.61 Å². The number of hydrogen-bond donors (Lipinski definition) is 1. The maximum atomic E-state index is 12.8. The highest BCUT2D eigenvalue weighted by atomic mass is 19.1. The van der Waals surface area contributed by atoms with Crippen LogP contribution in [0.2, 0.25) is 0 Å². The third-order valence-electron chi connectivity index (χ3n) is 1.52. The zero-order valence-electron chi connectivity index (χ0n) is 7.56. The highest BCUT2D eigenvalue weighted by Gasteiger charge is 2.06. The molecule has 1 rings (SSSR count). The average molecular weight is 186 g/mol. The van der Waals surface area contributed by atoms with Crippen molar-refractivity contribution >= 4 is 0 Å². The quantitative estimate of drug-likeness (QED) is 0.758. The van der Waals surface area contributed by atoms with E-state index in [4.69, 9.17) is 4.74 Å². The number of nitrogens with zero attached hydrogens (tertiary/aromatic N) is 1. The standard InChI is InChI=1S/C8H11FN2O2/c1-3-13-4-6-10-5(2)7(9)8(12)11-6/h3-4H2,1-2H3,(H,10,11,12). The predicted octanol–water partition coefficient (Wildman–Crippen LogP) is 0.754. The van der Waals surface area contributed by atoms with Crippen LogP contribution in [0.1, 0.15) is 18.4 Å². The average Bonchev–Trinajstić information content (AvgIpc) is 2.10. The second-order valence-corrected chi connectivity index (χ2v) is 2.55. The third-order valence-corrected chi connectivity index (χ3v) is 1.52. The summed E-state index contributed by atoms with van der Waals surface area (Å²) in [5, 5.41) is 0. The van der Waals surface area contributed by atoms with Crippen LogP contribution in [0.5, 0.6) is 0 Å². The molecule has 0 saturated carbocycles. The van der Waals surface area contributed by atoms with E-state index in [1.165, 1.54) is 6.92 Å². The van der Waals surface area contributed by atoms with Gasteiger partial charge < -0.3 is 9.72 Å². The number of nitrogens with one attached hydrogen (secondary N) is 1. The lowest BCUT2D eigenvalue weighted by Crippen LogP contribution is -2.17. The van der Waals surface area contributed by atoms with Gasteiger partial charge in [0.2, 0.25) is 5.82 Å². The largest absolute Gasteiger partial charge is 0.374 e. The summed E-state index contributed by atoms with van der Waals surface area (Å²) in [5.41, 5.74) is -0.652. The van der Waals surface area contributed by atoms with Gasteiger partial charge in [-0.1, -0.05) is 0 Å². The molecule has 1 heterocycles. The van der Waals surface area contributed by atoms with Crippen LogP contribution in [0.25, 0.3) is 0 Å². The highest BCUT2D eigenvalue weighted by molar-refractivity contribution is 5.02. The van der Waals surface area contributed by atoms with E-state index in [0.29, 0.717) is 12.4 Å². The van der Waals surface area contributed by atoms with Crippen LogP contribution in [0.3, 0.4) is 0 Å². The molecule has 0 radical (unpaired) electrons. The molecule has 13 heavy (non-hydrogen) atoms. The van der Waals surface area contributed by atoms with Gasteiger partial charge >= 0.3 is 0 Å². The Morgan fingerprint density at radius 3 is 2.85 bits per heavy atom. The van der Waals surface area contributed by atoms with Crippen LogP contribution >= 0.6 is 0 Å². The first kappa shape index (κ1) is 9.85. The summed E-state index contributed by atoms with van der Waals surface area (Å²) in [7, 11) is 0. The number of halogens is 1. The Hall–Kier alpha value is -1.23. The number of rotatable bonds is 3. The monoisotopic (exact) mass is 186 g/mol. The summed E-state index contributed by atoms with van der Waals surface area (Å²) in [5.74, 6) is -0.481. The maximum absolute atomic E-state index is 12.8. The van der Waals surface area contributed by atoms with Crippen molar-refractivity contribution in [2.45, 2.75) is 20.5 Å². The van der Waals surface area contributed by atoms with Crippen LogP contribution in [0, 0.1) is 12.7 Å². The number of aromatic amines is 1. The van der Waals surface area contributed by atoms with Gasteiger partial charge in [-0.15, -0.1) is 0 Å². The minimum atomic E-state index is -0.833. The number of ether oxygens (including phenoxy) is 1. The van der Waals surface area contributed by atoms with Crippen molar-refractivity contribution in [3.63, 3.8) is 0 Å². The lowest BCUT2D eigenvalue weighted by Gasteiger charge is -2.01. The van der Waals surface area contributed by atoms with E-state index in [9.17, 15) is 9.18 Å². The van der Waals surface area contributed by atoms with E-state index in [0.717, 1.165) is 0 Å². The molecule has 0 atom stereocenters. The minimum Gasteiger partial charge on any atom is -0.374 e. The summed E-state index contributed by atoms with van der Waals surface area (Å²) < 4.78 is 17.8. The number of aromatic nitrogens is 2. The van der Waals surface area contributed by atoms with Crippen LogP contribution < -0.4 is 5.56 Å². The Labute approximate surface area is 74.8 Å². The van der Waals surface area contributed by atoms with Crippen molar-refractivity contribution in [3.8, 4) is 0 Å². The molecular formula is C8H11FN2O2. The van der Waals surface area contributed by atoms with Gasteiger partial charge in [-0.3, -0.25) is 4.79 Å². The van der Waals surface area contributed by atoms with E-state index in [1.54, 1.807) is 0 Å². The fourth-order valence-corrected chi connectivity index (χ4v) is 0.897. The van der Waals surface area contributed by atoms with Gasteiger partial charge in [0.15, 0.2) is 0 Å². The van der Waals surface area contributed by atoms with Crippen LogP contribution in [-0.4, -0.2) is 16.6 Å². The van der Waals surface area contributed by atoms with Gasteiger partial charge in [0.1, 0.15) is 12.4 Å². The van der Waals surface area contributed by atoms with E-state index >= 15 is 0 Å². The lowest BCUT2D eigenvalue weighted by atomic mass is 10.4. The molecule has 0 spiro atoms. The van der Waals surface area contributed by atoms with Crippen LogP contribution in [-0.2, 0) is 11.3 Å². The molecule has 0 saturated heterocycles. The minimum absolute atomic E-state index is 0.0958. The summed E-state index contributed by atoms with van der Waals surface area (Å²) in [4.78, 5) is 17.0. The molecular weight excluding hydrogens is 175 g/mol. The van der Waals surface area contributed by atoms with Crippen LogP contribution in [0.15, 0.2) is 4.79 Å². The molecule has 1 aromatic heterocycles. The van der Waals surface area contributed by atoms with Gasteiger partial charge in [0.25, 0.3) is 5.56 Å². The third kappa shape index (κ3) is 2.35. The van der Waals surface area contributed by atoms with Crippen molar-refractivity contribution in [2.75, 3.05) is 6.61 Å². The number of hydrogen-bond acceptors (Lipinski definition) is 3. The molecule has 4 nitrogen and oxygen atoms in total. The molecule has 72 valence electrons. The second kappa shape index (κ2) is 4.13. The Bertz CT molecular complexity index is 348. The summed E-state index contributed by atoms with van der Waals surface area (Å²) >= 11 is 0. The molecule has 1 aromatic rings. The molecule has 0 unspecified atom stereocenters. The van der Waals surface area contributed by atoms with Gasteiger partial charge in [-0.05, 0) is 13.8 Å². The van der Waals surface area contributed by atoms with Crippen molar-refractivity contribution in [1.82, 2.24) is 9.97 Å². The Balaban J connectivity index is 2.93. The fraction of sp³-hybridized carbons (Fsp3) is 0.500. The number of H-pyrrole nitrogens is 1. The van der Waals surface area contributed by atoms with E-state index < -0.39 is 11.4 Å². The fourth-order valence-electron chi connectivity index (χ4n) is 0.897. The predicted molar refractivity (Wildman–Crippen MR) is 44.9 cm³/mol. The Kier molecular flexibility index (Phi) is 3.13. The van der Waals surface area contributed by atoms with Crippen molar-refractivity contribution in [2.24, 2.45) is 0 Å². The molecule has 0 bridgehead atoms. The summed E-state index contributed by atoms with van der Waals surface area (Å²) in [6.07, 6.45) is 0. The first-order valence-electron chi connectivity index (χ1n) is 3.98. The normalized spacial score (nSPS) is 10.4. The molecule has 0 amide bonds. The van der Waals surface area contributed by atoms with Crippen molar-refractivity contribution < 1.29 is 9.13 Å². The van der Waals surface area contributed by atoms with Gasteiger partial charge in [-0.25, -0.2) is 4.98 Å². The zero-order chi connectivity index (χ0) is 9.84. The van der Waals surface area contributed by atoms with Crippen LogP contribution in [0.4, 0.5) is 4.39 Å². The number of aryl methyl sites for hydroxylation is 1. The summed E-state index contributed by atoms with van der Waals surface area (Å²) in [6, 6.07) is 0. The molecule has 1 N–H and O–H groups in total. The Morgan fingerprint density at radius 2 is 2.31 bits per heavy atom. The second-order valence-electron chi connectivity index (χ2n) is 2.55. The van der Waals surface area contributed by atoms with E-state index in [-0.39, 0.29) is 12.3 Å². The van der Waals surface area contributed by atoms with Crippen molar-refractivity contribution in [3.05, 3.63) is 27.7 Å². The lowest BCUT2D eigenvalue weighted by molar-refractivity contribution is 0.127. The maximum Gasteiger partial charge on any atom is 0.287 e. The zero-order valence-corrected chi connectivity index (χ0v) is 7.56.